The van der Waals surface area contributed by atoms with E-state index in [4.69, 9.17) is 10.5 Å². The highest BCUT2D eigenvalue weighted by atomic mass is 32.2. The third kappa shape index (κ3) is 5.02. The Balaban J connectivity index is 1.80. The molecule has 3 aliphatic heterocycles. The van der Waals surface area contributed by atoms with Crippen molar-refractivity contribution in [3.8, 4) is 0 Å². The van der Waals surface area contributed by atoms with E-state index in [9.17, 15) is 26.3 Å². The molecule has 5 nitrogen and oxygen atoms in total. The molecule has 0 aliphatic carbocycles. The topological polar surface area (TPSA) is 71.3 Å². The fraction of sp³-hybridized carbons (Fsp3) is 1.00. The molecule has 0 aromatic heterocycles. The number of hydrogen-bond acceptors (Lipinski definition) is 6. The van der Waals surface area contributed by atoms with Crippen LogP contribution in [0, 0.1) is 11.8 Å². The third-order valence-corrected chi connectivity index (χ3v) is 6.71. The second kappa shape index (κ2) is 8.23. The summed E-state index contributed by atoms with van der Waals surface area (Å²) in [6, 6.07) is -1.63. The molecule has 0 aromatic carbocycles. The molecule has 0 amide bonds. The molecule has 3 rings (SSSR count). The van der Waals surface area contributed by atoms with Gasteiger partial charge in [-0.15, -0.1) is 11.8 Å². The smallest absolute Gasteiger partial charge is 0.340 e. The molecule has 7 atom stereocenters. The van der Waals surface area contributed by atoms with Crippen LogP contribution in [0.5, 0.6) is 0 Å². The van der Waals surface area contributed by atoms with Crippen molar-refractivity contribution in [2.45, 2.75) is 74.4 Å². The summed E-state index contributed by atoms with van der Waals surface area (Å²) in [5.74, 6) is -2.85. The van der Waals surface area contributed by atoms with Gasteiger partial charge in [-0.1, -0.05) is 12.8 Å². The van der Waals surface area contributed by atoms with Gasteiger partial charge in [-0.2, -0.15) is 26.3 Å². The Morgan fingerprint density at radius 1 is 0.889 bits per heavy atom. The summed E-state index contributed by atoms with van der Waals surface area (Å²) in [7, 11) is 0. The molecule has 6 unspecified atom stereocenters. The first-order valence-electron chi connectivity index (χ1n) is 9.00. The first-order valence-corrected chi connectivity index (χ1v) is 10.1. The van der Waals surface area contributed by atoms with Crippen LogP contribution < -0.4 is 21.9 Å². The zero-order chi connectivity index (χ0) is 19.8. The summed E-state index contributed by atoms with van der Waals surface area (Å²) >= 11 is 1.15. The molecule has 0 radical (unpaired) electrons. The van der Waals surface area contributed by atoms with Gasteiger partial charge in [0, 0.05) is 6.04 Å². The number of fused-ring (bicyclic) bond motifs is 5. The molecule has 4 bridgehead atoms. The van der Waals surface area contributed by atoms with Crippen molar-refractivity contribution in [2.75, 3.05) is 5.75 Å². The lowest BCUT2D eigenvalue weighted by Crippen LogP contribution is -2.65. The van der Waals surface area contributed by atoms with E-state index in [0.29, 0.717) is 25.0 Å². The van der Waals surface area contributed by atoms with E-state index in [1.807, 2.05) is 0 Å². The van der Waals surface area contributed by atoms with E-state index in [1.54, 1.807) is 0 Å². The van der Waals surface area contributed by atoms with E-state index < -0.39 is 54.1 Å². The minimum atomic E-state index is -4.44. The fourth-order valence-corrected chi connectivity index (χ4v) is 5.25. The lowest BCUT2D eigenvalue weighted by atomic mass is 9.89. The van der Waals surface area contributed by atoms with Gasteiger partial charge in [-0.05, 0) is 25.0 Å². The molecule has 27 heavy (non-hydrogen) atoms. The Labute approximate surface area is 157 Å². The minimum absolute atomic E-state index is 0.0982. The maximum atomic E-state index is 13.4. The number of rotatable bonds is 0. The van der Waals surface area contributed by atoms with Gasteiger partial charge in [0.05, 0.1) is 23.3 Å². The van der Waals surface area contributed by atoms with Crippen LogP contribution in [0.3, 0.4) is 0 Å². The van der Waals surface area contributed by atoms with Crippen molar-refractivity contribution in [1.82, 2.24) is 16.2 Å². The van der Waals surface area contributed by atoms with Crippen molar-refractivity contribution in [3.63, 3.8) is 0 Å². The van der Waals surface area contributed by atoms with Crippen molar-refractivity contribution in [3.05, 3.63) is 0 Å². The number of hydrogen-bond donors (Lipinski definition) is 4. The Morgan fingerprint density at radius 3 is 2.22 bits per heavy atom. The van der Waals surface area contributed by atoms with Gasteiger partial charge >= 0.3 is 12.4 Å². The third-order valence-electron chi connectivity index (χ3n) is 5.36. The van der Waals surface area contributed by atoms with E-state index >= 15 is 0 Å². The number of ether oxygens (including phenoxy) is 1. The number of nitrogens with one attached hydrogen (secondary N) is 3. The Morgan fingerprint density at radius 2 is 1.56 bits per heavy atom. The largest absolute Gasteiger partial charge is 0.395 e. The average molecular weight is 422 g/mol. The molecular weight excluding hydrogens is 398 g/mol. The van der Waals surface area contributed by atoms with Crippen molar-refractivity contribution < 1.29 is 31.1 Å². The van der Waals surface area contributed by atoms with Crippen LogP contribution in [0.15, 0.2) is 0 Å². The van der Waals surface area contributed by atoms with E-state index in [0.717, 1.165) is 11.8 Å². The number of thioether (sulfide) groups is 1. The predicted octanol–water partition coefficient (Wildman–Crippen LogP) is 2.44. The van der Waals surface area contributed by atoms with Crippen LogP contribution >= 0.6 is 11.8 Å². The maximum Gasteiger partial charge on any atom is 0.395 e. The molecule has 3 saturated heterocycles. The quantitative estimate of drug-likeness (QED) is 0.450. The average Bonchev–Trinajstić information content (AvgIpc) is 3.01. The lowest BCUT2D eigenvalue weighted by Gasteiger charge is -2.43. The number of alkyl halides is 6. The van der Waals surface area contributed by atoms with E-state index in [1.165, 1.54) is 0 Å². The summed E-state index contributed by atoms with van der Waals surface area (Å²) in [4.78, 5) is 0. The molecule has 5 N–H and O–H groups in total. The van der Waals surface area contributed by atoms with Crippen molar-refractivity contribution in [1.29, 1.82) is 0 Å². The Kier molecular flexibility index (Phi) is 6.53. The minimum Gasteiger partial charge on any atom is -0.340 e. The molecule has 0 saturated carbocycles. The highest BCUT2D eigenvalue weighted by molar-refractivity contribution is 7.99. The molecule has 12 heteroatoms. The van der Waals surface area contributed by atoms with Crippen LogP contribution in [-0.4, -0.2) is 48.0 Å². The first-order chi connectivity index (χ1) is 12.6. The predicted molar refractivity (Wildman–Crippen MR) is 88.3 cm³/mol. The molecule has 0 aromatic rings. The zero-order valence-corrected chi connectivity index (χ0v) is 15.3. The number of halogens is 6. The lowest BCUT2D eigenvalue weighted by molar-refractivity contribution is -0.212. The molecule has 3 aliphatic rings. The standard InChI is InChI=1S/C15H24F6N4OS/c16-14(17,18)7-4-2-1-3-5-27-13-8(15(19,20)21)6-9(22)10(23-13)12-25-24-11(7)26-12/h7-13,23-25H,1-6,22H2/t7-,8?,9?,10?,11?,12?,13?/m1/s1. The van der Waals surface area contributed by atoms with Gasteiger partial charge in [0.2, 0.25) is 0 Å². The van der Waals surface area contributed by atoms with Gasteiger partial charge in [0.15, 0.2) is 0 Å². The van der Waals surface area contributed by atoms with E-state index in [-0.39, 0.29) is 12.8 Å². The first kappa shape index (κ1) is 21.4. The van der Waals surface area contributed by atoms with Crippen LogP contribution in [0.1, 0.15) is 32.1 Å². The van der Waals surface area contributed by atoms with Crippen LogP contribution in [0.4, 0.5) is 26.3 Å². The summed E-state index contributed by atoms with van der Waals surface area (Å²) in [5.41, 5.74) is 11.1. The fourth-order valence-electron chi connectivity index (χ4n) is 3.87. The van der Waals surface area contributed by atoms with Gasteiger partial charge in [-0.3, -0.25) is 5.32 Å². The molecular formula is C15H24F6N4OS. The Hall–Kier alpha value is -0.270. The normalized spacial score (nSPS) is 42.1. The highest BCUT2D eigenvalue weighted by Gasteiger charge is 2.53. The number of nitrogens with two attached hydrogens (primary N) is 1. The summed E-state index contributed by atoms with van der Waals surface area (Å²) in [5, 5.41) is 1.98. The monoisotopic (exact) mass is 422 g/mol. The van der Waals surface area contributed by atoms with Crippen molar-refractivity contribution in [2.24, 2.45) is 17.6 Å². The molecule has 0 spiro atoms. The van der Waals surface area contributed by atoms with Crippen LogP contribution in [0.25, 0.3) is 0 Å². The van der Waals surface area contributed by atoms with Gasteiger partial charge in [0.1, 0.15) is 12.5 Å². The maximum absolute atomic E-state index is 13.4. The van der Waals surface area contributed by atoms with Crippen LogP contribution in [0.2, 0.25) is 0 Å². The second-order valence-corrected chi connectivity index (χ2v) is 8.54. The number of piperidine rings is 1. The zero-order valence-electron chi connectivity index (χ0n) is 14.4. The SMILES string of the molecule is NC1CC(C(F)(F)F)C2NC1C1NNC(O1)[C@H](C(F)(F)F)CCCCCS2. The second-order valence-electron chi connectivity index (χ2n) is 7.29. The van der Waals surface area contributed by atoms with E-state index in [2.05, 4.69) is 16.2 Å². The summed E-state index contributed by atoms with van der Waals surface area (Å²) in [6.07, 6.45) is -10.0. The van der Waals surface area contributed by atoms with Gasteiger partial charge in [-0.25, -0.2) is 10.9 Å². The van der Waals surface area contributed by atoms with Crippen molar-refractivity contribution >= 4 is 11.8 Å². The van der Waals surface area contributed by atoms with Gasteiger partial charge in [0.25, 0.3) is 0 Å². The summed E-state index contributed by atoms with van der Waals surface area (Å²) in [6.45, 7) is 0. The van der Waals surface area contributed by atoms with Crippen LogP contribution in [-0.2, 0) is 4.74 Å². The molecule has 3 heterocycles. The molecule has 158 valence electrons. The summed E-state index contributed by atoms with van der Waals surface area (Å²) < 4.78 is 85.9. The van der Waals surface area contributed by atoms with Gasteiger partial charge < -0.3 is 10.5 Å². The highest BCUT2D eigenvalue weighted by Crippen LogP contribution is 2.41. The molecule has 3 fully saturated rings. The number of hydrazine groups is 1. The Bertz CT molecular complexity index is 508.